The van der Waals surface area contributed by atoms with Crippen molar-refractivity contribution >= 4 is 40.9 Å². The van der Waals surface area contributed by atoms with Crippen molar-refractivity contribution in [2.45, 2.75) is 11.5 Å². The van der Waals surface area contributed by atoms with Gasteiger partial charge in [0.25, 0.3) is 0 Å². The van der Waals surface area contributed by atoms with Crippen molar-refractivity contribution in [2.24, 2.45) is 0 Å². The maximum absolute atomic E-state index is 5.54. The van der Waals surface area contributed by atoms with Crippen LogP contribution in [-0.4, -0.2) is 28.5 Å². The molecule has 0 aromatic carbocycles. The lowest BCUT2D eigenvalue weighted by Gasteiger charge is -2.03. The van der Waals surface area contributed by atoms with E-state index in [1.165, 1.54) is 0 Å². The maximum Gasteiger partial charge on any atom is 0.132 e. The molecule has 1 aliphatic rings. The smallest absolute Gasteiger partial charge is 0.132 e. The molecule has 2 atom stereocenters. The third-order valence-electron chi connectivity index (χ3n) is 1.06. The standard InChI is InChI=1S/C5H7ClOS2/c6-1-4-3-9-5(2-8)7-4/h2,4-5H,1,3H2. The van der Waals surface area contributed by atoms with E-state index >= 15 is 0 Å². The van der Waals surface area contributed by atoms with E-state index in [-0.39, 0.29) is 11.5 Å². The number of thiocarbonyl (C=S) groups is 1. The van der Waals surface area contributed by atoms with Gasteiger partial charge in [0.1, 0.15) is 5.44 Å². The van der Waals surface area contributed by atoms with Crippen molar-refractivity contribution in [3.63, 3.8) is 0 Å². The van der Waals surface area contributed by atoms with E-state index in [1.807, 2.05) is 0 Å². The molecule has 52 valence electrons. The highest BCUT2D eigenvalue weighted by molar-refractivity contribution is 8.01. The molecule has 0 N–H and O–H groups in total. The molecule has 1 saturated heterocycles. The van der Waals surface area contributed by atoms with Crippen LogP contribution in [-0.2, 0) is 4.74 Å². The van der Waals surface area contributed by atoms with Crippen molar-refractivity contribution in [2.75, 3.05) is 11.6 Å². The predicted octanol–water partition coefficient (Wildman–Crippen LogP) is 1.68. The summed E-state index contributed by atoms with van der Waals surface area (Å²) < 4.78 is 5.33. The van der Waals surface area contributed by atoms with Gasteiger partial charge in [0, 0.05) is 17.0 Å². The summed E-state index contributed by atoms with van der Waals surface area (Å²) in [6.07, 6.45) is 0.209. The molecule has 0 aliphatic carbocycles. The van der Waals surface area contributed by atoms with Crippen molar-refractivity contribution < 1.29 is 4.74 Å². The monoisotopic (exact) mass is 182 g/mol. The molecule has 0 spiro atoms. The molecule has 0 radical (unpaired) electrons. The van der Waals surface area contributed by atoms with E-state index in [4.69, 9.17) is 28.6 Å². The fourth-order valence-electron chi connectivity index (χ4n) is 0.623. The van der Waals surface area contributed by atoms with Crippen molar-refractivity contribution in [1.29, 1.82) is 0 Å². The lowest BCUT2D eigenvalue weighted by Crippen LogP contribution is -2.13. The summed E-state index contributed by atoms with van der Waals surface area (Å²) in [5.74, 6) is 1.55. The van der Waals surface area contributed by atoms with Gasteiger partial charge in [0.2, 0.25) is 0 Å². The van der Waals surface area contributed by atoms with Crippen LogP contribution >= 0.6 is 35.6 Å². The Balaban J connectivity index is 2.28. The second-order valence-electron chi connectivity index (χ2n) is 1.75. The first-order chi connectivity index (χ1) is 4.36. The molecule has 1 heterocycles. The molecular formula is C5H7ClOS2. The van der Waals surface area contributed by atoms with Gasteiger partial charge >= 0.3 is 0 Å². The summed E-state index contributed by atoms with van der Waals surface area (Å²) in [5.41, 5.74) is 0.101. The Morgan fingerprint density at radius 2 is 2.67 bits per heavy atom. The molecule has 9 heavy (non-hydrogen) atoms. The van der Waals surface area contributed by atoms with Crippen LogP contribution in [0, 0.1) is 0 Å². The van der Waals surface area contributed by atoms with Gasteiger partial charge in [-0.1, -0.05) is 12.2 Å². The second kappa shape index (κ2) is 3.76. The Morgan fingerprint density at radius 3 is 3.00 bits per heavy atom. The van der Waals surface area contributed by atoms with E-state index in [9.17, 15) is 0 Å². The van der Waals surface area contributed by atoms with Gasteiger partial charge in [0.15, 0.2) is 0 Å². The summed E-state index contributed by atoms with van der Waals surface area (Å²) in [5, 5.41) is 1.64. The highest BCUT2D eigenvalue weighted by Gasteiger charge is 2.22. The van der Waals surface area contributed by atoms with Crippen LogP contribution in [0.1, 0.15) is 0 Å². The molecule has 0 aromatic heterocycles. The molecule has 0 saturated carbocycles. The van der Waals surface area contributed by atoms with Gasteiger partial charge in [-0.3, -0.25) is 0 Å². The van der Waals surface area contributed by atoms with Crippen LogP contribution in [0.2, 0.25) is 0 Å². The number of thioether (sulfide) groups is 1. The Kier molecular flexibility index (Phi) is 3.26. The topological polar surface area (TPSA) is 9.23 Å². The quantitative estimate of drug-likeness (QED) is 0.475. The number of alkyl halides is 1. The average molecular weight is 183 g/mol. The predicted molar refractivity (Wildman–Crippen MR) is 45.5 cm³/mol. The largest absolute Gasteiger partial charge is 0.357 e. The number of halogens is 1. The summed E-state index contributed by atoms with van der Waals surface area (Å²) in [4.78, 5) is 0. The average Bonchev–Trinajstić information content (AvgIpc) is 2.34. The normalized spacial score (nSPS) is 34.8. The Bertz CT molecular complexity index is 109. The fraction of sp³-hybridized carbons (Fsp3) is 0.800. The van der Waals surface area contributed by atoms with Crippen molar-refractivity contribution in [1.82, 2.24) is 0 Å². The van der Waals surface area contributed by atoms with Gasteiger partial charge < -0.3 is 4.74 Å². The third-order valence-corrected chi connectivity index (χ3v) is 2.96. The summed E-state index contributed by atoms with van der Waals surface area (Å²) in [7, 11) is 0. The zero-order chi connectivity index (χ0) is 6.69. The Labute approximate surface area is 69.1 Å². The van der Waals surface area contributed by atoms with Gasteiger partial charge in [-0.15, -0.1) is 23.4 Å². The van der Waals surface area contributed by atoms with Crippen molar-refractivity contribution in [3.05, 3.63) is 0 Å². The SMILES string of the molecule is S=CC1OC(CCl)CS1. The van der Waals surface area contributed by atoms with Crippen LogP contribution in [0.25, 0.3) is 0 Å². The van der Waals surface area contributed by atoms with E-state index in [1.54, 1.807) is 17.1 Å². The third kappa shape index (κ3) is 2.08. The molecule has 1 fully saturated rings. The van der Waals surface area contributed by atoms with Crippen molar-refractivity contribution in [3.8, 4) is 0 Å². The number of hydrogen-bond acceptors (Lipinski definition) is 3. The van der Waals surface area contributed by atoms with Crippen LogP contribution in [0.15, 0.2) is 0 Å². The molecule has 1 rings (SSSR count). The minimum Gasteiger partial charge on any atom is -0.357 e. The highest BCUT2D eigenvalue weighted by Crippen LogP contribution is 2.24. The lowest BCUT2D eigenvalue weighted by molar-refractivity contribution is 0.117. The number of hydrogen-bond donors (Lipinski definition) is 0. The Hall–Kier alpha value is 0.690. The molecule has 1 nitrogen and oxygen atoms in total. The Morgan fingerprint density at radius 1 is 1.89 bits per heavy atom. The second-order valence-corrected chi connectivity index (χ2v) is 3.46. The van der Waals surface area contributed by atoms with Gasteiger partial charge in [0.05, 0.1) is 6.10 Å². The fourth-order valence-corrected chi connectivity index (χ4v) is 2.15. The molecule has 0 bridgehead atoms. The summed E-state index contributed by atoms with van der Waals surface area (Å²) in [6.45, 7) is 0. The zero-order valence-corrected chi connectivity index (χ0v) is 7.14. The van der Waals surface area contributed by atoms with E-state index in [0.717, 1.165) is 5.75 Å². The molecule has 0 amide bonds. The van der Waals surface area contributed by atoms with E-state index in [0.29, 0.717) is 5.88 Å². The van der Waals surface area contributed by atoms with Gasteiger partial charge in [-0.2, -0.15) is 0 Å². The molecule has 1 aliphatic heterocycles. The van der Waals surface area contributed by atoms with Crippen LogP contribution in [0.4, 0.5) is 0 Å². The first-order valence-electron chi connectivity index (χ1n) is 2.65. The lowest BCUT2D eigenvalue weighted by atomic mass is 10.5. The number of ether oxygens (including phenoxy) is 1. The molecule has 0 aromatic rings. The number of rotatable bonds is 2. The first-order valence-corrected chi connectivity index (χ1v) is 4.70. The minimum absolute atomic E-state index is 0.101. The van der Waals surface area contributed by atoms with Gasteiger partial charge in [-0.05, 0) is 0 Å². The summed E-state index contributed by atoms with van der Waals surface area (Å²) >= 11 is 12.0. The highest BCUT2D eigenvalue weighted by atomic mass is 35.5. The summed E-state index contributed by atoms with van der Waals surface area (Å²) in [6, 6.07) is 0. The maximum atomic E-state index is 5.54. The van der Waals surface area contributed by atoms with Crippen LogP contribution in [0.3, 0.4) is 0 Å². The van der Waals surface area contributed by atoms with Crippen LogP contribution < -0.4 is 0 Å². The molecular weight excluding hydrogens is 176 g/mol. The van der Waals surface area contributed by atoms with Crippen LogP contribution in [0.5, 0.6) is 0 Å². The molecule has 2 unspecified atom stereocenters. The minimum atomic E-state index is 0.101. The van der Waals surface area contributed by atoms with E-state index in [2.05, 4.69) is 0 Å². The van der Waals surface area contributed by atoms with E-state index < -0.39 is 0 Å². The molecule has 4 heteroatoms. The first kappa shape index (κ1) is 7.79. The van der Waals surface area contributed by atoms with Gasteiger partial charge in [-0.25, -0.2) is 0 Å². The zero-order valence-electron chi connectivity index (χ0n) is 4.75.